The van der Waals surface area contributed by atoms with E-state index in [4.69, 9.17) is 4.99 Å². The molecule has 84 valence electrons. The molecule has 0 N–H and O–H groups in total. The van der Waals surface area contributed by atoms with Gasteiger partial charge in [-0.05, 0) is 29.9 Å². The van der Waals surface area contributed by atoms with Gasteiger partial charge in [-0.3, -0.25) is 4.99 Å². The van der Waals surface area contributed by atoms with Crippen molar-refractivity contribution < 1.29 is 0 Å². The molecule has 0 atom stereocenters. The topological polar surface area (TPSA) is 12.4 Å². The third kappa shape index (κ3) is 1.91. The second kappa shape index (κ2) is 4.40. The highest BCUT2D eigenvalue weighted by Gasteiger charge is 2.20. The summed E-state index contributed by atoms with van der Waals surface area (Å²) in [6.45, 7) is 0.999. The quantitative estimate of drug-likeness (QED) is 0.711. The van der Waals surface area contributed by atoms with E-state index in [2.05, 4.69) is 24.3 Å². The first-order valence-corrected chi connectivity index (χ1v) is 6.55. The van der Waals surface area contributed by atoms with E-state index in [0.717, 1.165) is 18.9 Å². The van der Waals surface area contributed by atoms with E-state index in [9.17, 15) is 0 Å². The van der Waals surface area contributed by atoms with Gasteiger partial charge in [0.1, 0.15) is 0 Å². The van der Waals surface area contributed by atoms with E-state index in [1.165, 1.54) is 48.9 Å². The number of benzene rings is 1. The lowest BCUT2D eigenvalue weighted by Gasteiger charge is -2.19. The molecule has 0 amide bonds. The zero-order valence-corrected chi connectivity index (χ0v) is 9.78. The molecule has 0 spiro atoms. The van der Waals surface area contributed by atoms with Gasteiger partial charge in [-0.15, -0.1) is 0 Å². The number of fused-ring (bicyclic) bond motifs is 1. The molecule has 16 heavy (non-hydrogen) atoms. The highest BCUT2D eigenvalue weighted by molar-refractivity contribution is 6.02. The Bertz CT molecular complexity index is 400. The van der Waals surface area contributed by atoms with Gasteiger partial charge in [-0.2, -0.15) is 0 Å². The van der Waals surface area contributed by atoms with Crippen LogP contribution < -0.4 is 0 Å². The Labute approximate surface area is 97.6 Å². The Balaban J connectivity index is 1.82. The molecule has 0 saturated heterocycles. The molecule has 1 heterocycles. The predicted molar refractivity (Wildman–Crippen MR) is 68.1 cm³/mol. The summed E-state index contributed by atoms with van der Waals surface area (Å²) in [5.74, 6) is 0.907. The van der Waals surface area contributed by atoms with Crippen molar-refractivity contribution in [1.82, 2.24) is 0 Å². The zero-order valence-electron chi connectivity index (χ0n) is 9.78. The minimum atomic E-state index is 0.907. The number of nitrogens with zero attached hydrogens (tertiary/aromatic N) is 1. The van der Waals surface area contributed by atoms with E-state index in [-0.39, 0.29) is 0 Å². The molecule has 1 nitrogen and oxygen atoms in total. The lowest BCUT2D eigenvalue weighted by Crippen LogP contribution is -2.15. The third-order valence-electron chi connectivity index (χ3n) is 3.97. The van der Waals surface area contributed by atoms with Crippen molar-refractivity contribution in [3.05, 3.63) is 35.4 Å². The molecule has 0 bridgehead atoms. The first-order chi connectivity index (χ1) is 7.93. The Hall–Kier alpha value is -1.11. The van der Waals surface area contributed by atoms with Crippen LogP contribution >= 0.6 is 0 Å². The molecule has 1 aromatic carbocycles. The van der Waals surface area contributed by atoms with Gasteiger partial charge in [0.25, 0.3) is 0 Å². The summed E-state index contributed by atoms with van der Waals surface area (Å²) in [5, 5.41) is 0. The minimum absolute atomic E-state index is 0.907. The normalized spacial score (nSPS) is 20.6. The van der Waals surface area contributed by atoms with Crippen molar-refractivity contribution in [2.45, 2.75) is 38.5 Å². The molecule has 1 aromatic rings. The molecule has 1 saturated carbocycles. The van der Waals surface area contributed by atoms with Crippen LogP contribution in [0.25, 0.3) is 0 Å². The number of hydrogen-bond donors (Lipinski definition) is 0. The Kier molecular flexibility index (Phi) is 2.77. The molecule has 0 radical (unpaired) electrons. The van der Waals surface area contributed by atoms with Crippen molar-refractivity contribution in [1.29, 1.82) is 0 Å². The fourth-order valence-corrected chi connectivity index (χ4v) is 3.08. The minimum Gasteiger partial charge on any atom is -0.289 e. The Morgan fingerprint density at radius 1 is 1.12 bits per heavy atom. The molecule has 0 unspecified atom stereocenters. The summed E-state index contributed by atoms with van der Waals surface area (Å²) in [7, 11) is 0. The van der Waals surface area contributed by atoms with Crippen LogP contribution in [0.1, 0.15) is 43.2 Å². The van der Waals surface area contributed by atoms with Crippen molar-refractivity contribution in [3.8, 4) is 0 Å². The highest BCUT2D eigenvalue weighted by Crippen LogP contribution is 2.30. The largest absolute Gasteiger partial charge is 0.289 e. The van der Waals surface area contributed by atoms with Gasteiger partial charge < -0.3 is 0 Å². The van der Waals surface area contributed by atoms with E-state index in [1.807, 2.05) is 0 Å². The average Bonchev–Trinajstić information content (AvgIpc) is 2.82. The van der Waals surface area contributed by atoms with Crippen molar-refractivity contribution in [3.63, 3.8) is 0 Å². The SMILES string of the molecule is c1ccc2c(c1)CCN=C2CC1CCCC1. The van der Waals surface area contributed by atoms with Crippen LogP contribution in [0.5, 0.6) is 0 Å². The molecular weight excluding hydrogens is 194 g/mol. The maximum atomic E-state index is 4.75. The van der Waals surface area contributed by atoms with E-state index in [1.54, 1.807) is 0 Å². The van der Waals surface area contributed by atoms with Gasteiger partial charge in [0.05, 0.1) is 0 Å². The van der Waals surface area contributed by atoms with Crippen LogP contribution in [-0.4, -0.2) is 12.3 Å². The zero-order chi connectivity index (χ0) is 10.8. The lowest BCUT2D eigenvalue weighted by molar-refractivity contribution is 0.571. The average molecular weight is 213 g/mol. The van der Waals surface area contributed by atoms with Crippen molar-refractivity contribution in [2.75, 3.05) is 6.54 Å². The summed E-state index contributed by atoms with van der Waals surface area (Å²) in [6, 6.07) is 8.81. The van der Waals surface area contributed by atoms with Gasteiger partial charge in [-0.1, -0.05) is 49.9 Å². The summed E-state index contributed by atoms with van der Waals surface area (Å²) < 4.78 is 0. The molecule has 1 fully saturated rings. The smallest absolute Gasteiger partial charge is 0.0433 e. The summed E-state index contributed by atoms with van der Waals surface area (Å²) in [6.07, 6.45) is 8.04. The fourth-order valence-electron chi connectivity index (χ4n) is 3.08. The van der Waals surface area contributed by atoms with Gasteiger partial charge >= 0.3 is 0 Å². The fraction of sp³-hybridized carbons (Fsp3) is 0.533. The van der Waals surface area contributed by atoms with Gasteiger partial charge in [0, 0.05) is 12.3 Å². The first-order valence-electron chi connectivity index (χ1n) is 6.55. The molecular formula is C15H19N. The maximum Gasteiger partial charge on any atom is 0.0433 e. The van der Waals surface area contributed by atoms with Gasteiger partial charge in [0.15, 0.2) is 0 Å². The van der Waals surface area contributed by atoms with Crippen LogP contribution in [0.4, 0.5) is 0 Å². The third-order valence-corrected chi connectivity index (χ3v) is 3.97. The molecule has 1 aliphatic heterocycles. The molecule has 0 aromatic heterocycles. The first kappa shape index (κ1) is 10.1. The molecule has 2 aliphatic rings. The standard InChI is InChI=1S/C15H19N/c1-2-6-12(5-1)11-15-14-8-4-3-7-13(14)9-10-16-15/h3-4,7-8,12H,1-2,5-6,9-11H2. The second-order valence-corrected chi connectivity index (χ2v) is 5.09. The summed E-state index contributed by atoms with van der Waals surface area (Å²) >= 11 is 0. The predicted octanol–water partition coefficient (Wildman–Crippen LogP) is 3.61. The summed E-state index contributed by atoms with van der Waals surface area (Å²) in [4.78, 5) is 4.75. The number of aliphatic imine (C=N–C) groups is 1. The molecule has 1 heteroatoms. The van der Waals surface area contributed by atoms with E-state index in [0.29, 0.717) is 0 Å². The molecule has 1 aliphatic carbocycles. The van der Waals surface area contributed by atoms with Crippen molar-refractivity contribution >= 4 is 5.71 Å². The van der Waals surface area contributed by atoms with Crippen LogP contribution in [0, 0.1) is 5.92 Å². The Morgan fingerprint density at radius 3 is 2.81 bits per heavy atom. The molecule has 3 rings (SSSR count). The van der Waals surface area contributed by atoms with E-state index < -0.39 is 0 Å². The van der Waals surface area contributed by atoms with Gasteiger partial charge in [-0.25, -0.2) is 0 Å². The highest BCUT2D eigenvalue weighted by atomic mass is 14.7. The van der Waals surface area contributed by atoms with Gasteiger partial charge in [0.2, 0.25) is 0 Å². The maximum absolute atomic E-state index is 4.75. The second-order valence-electron chi connectivity index (χ2n) is 5.09. The monoisotopic (exact) mass is 213 g/mol. The van der Waals surface area contributed by atoms with Crippen LogP contribution in [0.15, 0.2) is 29.3 Å². The Morgan fingerprint density at radius 2 is 1.94 bits per heavy atom. The number of rotatable bonds is 2. The van der Waals surface area contributed by atoms with Crippen LogP contribution in [-0.2, 0) is 6.42 Å². The van der Waals surface area contributed by atoms with E-state index >= 15 is 0 Å². The number of hydrogen-bond acceptors (Lipinski definition) is 1. The van der Waals surface area contributed by atoms with Crippen molar-refractivity contribution in [2.24, 2.45) is 10.9 Å². The summed E-state index contributed by atoms with van der Waals surface area (Å²) in [5.41, 5.74) is 4.32. The van der Waals surface area contributed by atoms with Crippen LogP contribution in [0.2, 0.25) is 0 Å². The lowest BCUT2D eigenvalue weighted by atomic mass is 9.91. The van der Waals surface area contributed by atoms with Crippen LogP contribution in [0.3, 0.4) is 0 Å².